The fourth-order valence-electron chi connectivity index (χ4n) is 2.62. The first-order valence-corrected chi connectivity index (χ1v) is 8.59. The molecule has 0 aliphatic carbocycles. The second kappa shape index (κ2) is 8.39. The number of nitrogens with zero attached hydrogens (tertiary/aromatic N) is 1. The van der Waals surface area contributed by atoms with Crippen LogP contribution in [-0.2, 0) is 6.42 Å². The molecule has 2 N–H and O–H groups in total. The molecule has 0 aliphatic heterocycles. The number of para-hydroxylation sites is 1. The number of aryl methyl sites for hydroxylation is 1. The lowest BCUT2D eigenvalue weighted by Gasteiger charge is -2.10. The molecular formula is C21H17F2N3O2. The molecule has 0 bridgehead atoms. The average Bonchev–Trinajstić information content (AvgIpc) is 2.70. The van der Waals surface area contributed by atoms with Crippen molar-refractivity contribution >= 4 is 23.2 Å². The molecule has 142 valence electrons. The van der Waals surface area contributed by atoms with Crippen molar-refractivity contribution in [2.75, 3.05) is 10.6 Å². The molecule has 28 heavy (non-hydrogen) atoms. The Kier molecular flexibility index (Phi) is 5.74. The first-order chi connectivity index (χ1) is 13.5. The van der Waals surface area contributed by atoms with Gasteiger partial charge in [0.1, 0.15) is 17.3 Å². The summed E-state index contributed by atoms with van der Waals surface area (Å²) < 4.78 is 26.7. The van der Waals surface area contributed by atoms with Gasteiger partial charge in [-0.15, -0.1) is 0 Å². The number of aromatic nitrogens is 1. The topological polar surface area (TPSA) is 71.1 Å². The zero-order valence-corrected chi connectivity index (χ0v) is 15.0. The maximum absolute atomic E-state index is 13.7. The summed E-state index contributed by atoms with van der Waals surface area (Å²) in [6, 6.07) is 12.9. The number of carbonyl (C=O) groups excluding carboxylic acids is 2. The van der Waals surface area contributed by atoms with E-state index in [0.717, 1.165) is 24.1 Å². The van der Waals surface area contributed by atoms with Gasteiger partial charge in [-0.05, 0) is 42.3 Å². The summed E-state index contributed by atoms with van der Waals surface area (Å²) >= 11 is 0. The highest BCUT2D eigenvalue weighted by Crippen LogP contribution is 2.18. The lowest BCUT2D eigenvalue weighted by molar-refractivity contribution is 0.102. The molecule has 2 aromatic carbocycles. The van der Waals surface area contributed by atoms with Crippen LogP contribution in [0.2, 0.25) is 0 Å². The Morgan fingerprint density at radius 2 is 1.68 bits per heavy atom. The van der Waals surface area contributed by atoms with Crippen molar-refractivity contribution in [2.24, 2.45) is 0 Å². The Morgan fingerprint density at radius 3 is 2.43 bits per heavy atom. The van der Waals surface area contributed by atoms with Crippen molar-refractivity contribution in [1.82, 2.24) is 4.98 Å². The molecule has 0 saturated heterocycles. The van der Waals surface area contributed by atoms with Gasteiger partial charge in [0.2, 0.25) is 0 Å². The number of hydrogen-bond donors (Lipinski definition) is 2. The van der Waals surface area contributed by atoms with E-state index in [-0.39, 0.29) is 16.9 Å². The van der Waals surface area contributed by atoms with Gasteiger partial charge in [0.25, 0.3) is 11.8 Å². The highest BCUT2D eigenvalue weighted by Gasteiger charge is 2.15. The monoisotopic (exact) mass is 381 g/mol. The third-order valence-electron chi connectivity index (χ3n) is 4.08. The van der Waals surface area contributed by atoms with Crippen LogP contribution in [0.1, 0.15) is 33.3 Å². The van der Waals surface area contributed by atoms with Gasteiger partial charge in [-0.1, -0.05) is 25.1 Å². The minimum absolute atomic E-state index is 0.0399. The van der Waals surface area contributed by atoms with Crippen molar-refractivity contribution in [1.29, 1.82) is 0 Å². The molecule has 0 spiro atoms. The lowest BCUT2D eigenvalue weighted by atomic mass is 10.1. The number of amides is 2. The Balaban J connectivity index is 1.77. The molecule has 5 nitrogen and oxygen atoms in total. The van der Waals surface area contributed by atoms with Crippen LogP contribution in [0.15, 0.2) is 60.8 Å². The van der Waals surface area contributed by atoms with E-state index >= 15 is 0 Å². The lowest BCUT2D eigenvalue weighted by Crippen LogP contribution is -2.18. The second-order valence-electron chi connectivity index (χ2n) is 5.97. The predicted octanol–water partition coefficient (Wildman–Crippen LogP) is 4.43. The van der Waals surface area contributed by atoms with E-state index in [4.69, 9.17) is 0 Å². The molecule has 0 atom stereocenters. The minimum atomic E-state index is -0.892. The summed E-state index contributed by atoms with van der Waals surface area (Å²) in [6.07, 6.45) is 2.06. The van der Waals surface area contributed by atoms with Crippen molar-refractivity contribution in [3.63, 3.8) is 0 Å². The quantitative estimate of drug-likeness (QED) is 0.687. The average molecular weight is 381 g/mol. The molecule has 0 unspecified atom stereocenters. The Labute approximate surface area is 160 Å². The zero-order chi connectivity index (χ0) is 20.1. The zero-order valence-electron chi connectivity index (χ0n) is 15.0. The fraction of sp³-hybridized carbons (Fsp3) is 0.0952. The van der Waals surface area contributed by atoms with Gasteiger partial charge in [0, 0.05) is 23.5 Å². The molecule has 1 heterocycles. The number of benzene rings is 2. The molecule has 2 amide bonds. The minimum Gasteiger partial charge on any atom is -0.320 e. The van der Waals surface area contributed by atoms with Crippen LogP contribution in [0.5, 0.6) is 0 Å². The molecule has 0 fully saturated rings. The van der Waals surface area contributed by atoms with Crippen LogP contribution in [0, 0.1) is 11.6 Å². The summed E-state index contributed by atoms with van der Waals surface area (Å²) in [7, 11) is 0. The summed E-state index contributed by atoms with van der Waals surface area (Å²) in [5.74, 6) is -2.75. The second-order valence-corrected chi connectivity index (χ2v) is 5.97. The Bertz CT molecular complexity index is 1040. The number of anilines is 2. The highest BCUT2D eigenvalue weighted by atomic mass is 19.1. The predicted molar refractivity (Wildman–Crippen MR) is 102 cm³/mol. The molecule has 3 rings (SSSR count). The standard InChI is InChI=1S/C21H17F2N3O2/c1-2-13-5-3-4-6-17(13)25-21(28)19-11-14(9-10-24-19)20(27)26-18-8-7-15(22)12-16(18)23/h3-12H,2H2,1H3,(H,25,28)(H,26,27). The molecular weight excluding hydrogens is 364 g/mol. The SMILES string of the molecule is CCc1ccccc1NC(=O)c1cc(C(=O)Nc2ccc(F)cc2F)ccn1. The van der Waals surface area contributed by atoms with E-state index in [1.807, 2.05) is 25.1 Å². The Hall–Kier alpha value is -3.61. The van der Waals surface area contributed by atoms with Crippen LogP contribution in [0.3, 0.4) is 0 Å². The molecule has 3 aromatic rings. The third-order valence-corrected chi connectivity index (χ3v) is 4.08. The van der Waals surface area contributed by atoms with Gasteiger partial charge >= 0.3 is 0 Å². The molecule has 1 aromatic heterocycles. The largest absolute Gasteiger partial charge is 0.320 e. The summed E-state index contributed by atoms with van der Waals surface area (Å²) in [5, 5.41) is 5.12. The van der Waals surface area contributed by atoms with Crippen LogP contribution in [-0.4, -0.2) is 16.8 Å². The van der Waals surface area contributed by atoms with Gasteiger partial charge in [0.15, 0.2) is 0 Å². The summed E-state index contributed by atoms with van der Waals surface area (Å²) in [4.78, 5) is 28.8. The molecule has 7 heteroatoms. The first kappa shape index (κ1) is 19.2. The molecule has 0 aliphatic rings. The maximum Gasteiger partial charge on any atom is 0.274 e. The van der Waals surface area contributed by atoms with E-state index in [9.17, 15) is 18.4 Å². The molecule has 0 radical (unpaired) electrons. The first-order valence-electron chi connectivity index (χ1n) is 8.59. The number of carbonyl (C=O) groups is 2. The van der Waals surface area contributed by atoms with Crippen LogP contribution in [0.4, 0.5) is 20.2 Å². The van der Waals surface area contributed by atoms with E-state index in [0.29, 0.717) is 11.8 Å². The highest BCUT2D eigenvalue weighted by molar-refractivity contribution is 6.08. The van der Waals surface area contributed by atoms with Crippen molar-refractivity contribution in [2.45, 2.75) is 13.3 Å². The van der Waals surface area contributed by atoms with Crippen molar-refractivity contribution < 1.29 is 18.4 Å². The van der Waals surface area contributed by atoms with Crippen LogP contribution < -0.4 is 10.6 Å². The van der Waals surface area contributed by atoms with Gasteiger partial charge in [-0.2, -0.15) is 0 Å². The maximum atomic E-state index is 13.7. The summed E-state index contributed by atoms with van der Waals surface area (Å²) in [6.45, 7) is 1.97. The number of pyridine rings is 1. The smallest absolute Gasteiger partial charge is 0.274 e. The van der Waals surface area contributed by atoms with Crippen LogP contribution in [0.25, 0.3) is 0 Å². The van der Waals surface area contributed by atoms with E-state index in [1.54, 1.807) is 6.07 Å². The number of rotatable bonds is 5. The van der Waals surface area contributed by atoms with Gasteiger partial charge in [-0.3, -0.25) is 14.6 Å². The number of nitrogens with one attached hydrogen (secondary N) is 2. The normalized spacial score (nSPS) is 10.4. The summed E-state index contributed by atoms with van der Waals surface area (Å²) in [5.41, 5.74) is 1.63. The van der Waals surface area contributed by atoms with Gasteiger partial charge in [-0.25, -0.2) is 8.78 Å². The van der Waals surface area contributed by atoms with E-state index in [2.05, 4.69) is 15.6 Å². The third kappa shape index (κ3) is 4.37. The van der Waals surface area contributed by atoms with E-state index in [1.165, 1.54) is 18.3 Å². The van der Waals surface area contributed by atoms with Gasteiger partial charge < -0.3 is 10.6 Å². The number of halogens is 2. The fourth-order valence-corrected chi connectivity index (χ4v) is 2.62. The van der Waals surface area contributed by atoms with Gasteiger partial charge in [0.05, 0.1) is 5.69 Å². The van der Waals surface area contributed by atoms with Crippen molar-refractivity contribution in [3.05, 3.63) is 89.2 Å². The number of hydrogen-bond acceptors (Lipinski definition) is 3. The van der Waals surface area contributed by atoms with E-state index < -0.39 is 23.4 Å². The molecule has 0 saturated carbocycles. The van der Waals surface area contributed by atoms with Crippen molar-refractivity contribution in [3.8, 4) is 0 Å². The Morgan fingerprint density at radius 1 is 0.929 bits per heavy atom. The van der Waals surface area contributed by atoms with Crippen LogP contribution >= 0.6 is 0 Å².